The Hall–Kier alpha value is -0.920. The van der Waals surface area contributed by atoms with Gasteiger partial charge in [-0.1, -0.05) is 13.3 Å². The summed E-state index contributed by atoms with van der Waals surface area (Å²) in [5, 5.41) is 8.31. The van der Waals surface area contributed by atoms with E-state index >= 15 is 0 Å². The maximum absolute atomic E-state index is 10.6. The molecule has 0 heterocycles. The first-order valence-electron chi connectivity index (χ1n) is 3.14. The summed E-state index contributed by atoms with van der Waals surface area (Å²) in [4.78, 5) is 20.6. The molecule has 0 fully saturated rings. The minimum Gasteiger partial charge on any atom is -0.388 e. The summed E-state index contributed by atoms with van der Waals surface area (Å²) >= 11 is 0. The number of carbonyl (C=O) groups excluding carboxylic acids is 2. The molecule has 0 atom stereocenters. The van der Waals surface area contributed by atoms with Gasteiger partial charge in [-0.15, -0.1) is 0 Å². The van der Waals surface area contributed by atoms with Crippen molar-refractivity contribution in [2.75, 3.05) is 6.61 Å². The fourth-order valence-corrected chi connectivity index (χ4v) is 0.593. The van der Waals surface area contributed by atoms with Gasteiger partial charge >= 0.3 is 0 Å². The average molecular weight is 142 g/mol. The normalized spacial score (nSPS) is 8.60. The Balaban J connectivity index is 4.09. The highest BCUT2D eigenvalue weighted by Gasteiger charge is 2.06. The van der Waals surface area contributed by atoms with E-state index in [0.29, 0.717) is 6.42 Å². The van der Waals surface area contributed by atoms with Crippen molar-refractivity contribution in [1.82, 2.24) is 0 Å². The summed E-state index contributed by atoms with van der Waals surface area (Å²) in [6, 6.07) is 0. The molecule has 1 N–H and O–H groups in total. The van der Waals surface area contributed by atoms with Crippen LogP contribution in [0.3, 0.4) is 0 Å². The molecule has 3 nitrogen and oxygen atoms in total. The second-order valence-corrected chi connectivity index (χ2v) is 1.91. The van der Waals surface area contributed by atoms with E-state index in [0.717, 1.165) is 6.42 Å². The number of carbonyl (C=O) groups is 1. The molecule has 0 saturated carbocycles. The second kappa shape index (κ2) is 4.91. The first kappa shape index (κ1) is 9.08. The predicted octanol–water partition coefficient (Wildman–Crippen LogP) is 0.106. The first-order chi connectivity index (χ1) is 4.76. The Morgan fingerprint density at radius 3 is 2.50 bits per heavy atom. The SMILES string of the molecule is CCCC(=C=O)C(=O)CO. The zero-order chi connectivity index (χ0) is 7.98. The van der Waals surface area contributed by atoms with Crippen LogP contribution in [0.5, 0.6) is 0 Å². The van der Waals surface area contributed by atoms with Gasteiger partial charge < -0.3 is 5.11 Å². The number of Topliss-reactive ketones (excluding diaryl/α,β-unsaturated/α-hetero) is 1. The van der Waals surface area contributed by atoms with Gasteiger partial charge in [0, 0.05) is 0 Å². The summed E-state index contributed by atoms with van der Waals surface area (Å²) in [5.74, 6) is 0.994. The number of rotatable bonds is 4. The maximum atomic E-state index is 10.6. The number of hydrogen-bond donors (Lipinski definition) is 1. The fourth-order valence-electron chi connectivity index (χ4n) is 0.593. The Morgan fingerprint density at radius 2 is 2.20 bits per heavy atom. The van der Waals surface area contributed by atoms with Crippen LogP contribution in [0.1, 0.15) is 19.8 Å². The molecule has 0 spiro atoms. The van der Waals surface area contributed by atoms with E-state index in [9.17, 15) is 9.59 Å². The number of hydrogen-bond acceptors (Lipinski definition) is 3. The first-order valence-corrected chi connectivity index (χ1v) is 3.14. The molecule has 0 aliphatic heterocycles. The molecular weight excluding hydrogens is 132 g/mol. The van der Waals surface area contributed by atoms with Gasteiger partial charge in [-0.25, -0.2) is 4.79 Å². The lowest BCUT2D eigenvalue weighted by molar-refractivity contribution is -0.118. The van der Waals surface area contributed by atoms with Crippen LogP contribution in [-0.4, -0.2) is 23.4 Å². The van der Waals surface area contributed by atoms with E-state index in [1.165, 1.54) is 5.94 Å². The monoisotopic (exact) mass is 142 g/mol. The summed E-state index contributed by atoms with van der Waals surface area (Å²) < 4.78 is 0. The molecule has 0 saturated heterocycles. The molecule has 10 heavy (non-hydrogen) atoms. The average Bonchev–Trinajstić information content (AvgIpc) is 1.99. The van der Waals surface area contributed by atoms with Crippen LogP contribution in [0.15, 0.2) is 5.57 Å². The molecule has 0 unspecified atom stereocenters. The van der Waals surface area contributed by atoms with Gasteiger partial charge in [0.25, 0.3) is 0 Å². The van der Waals surface area contributed by atoms with E-state index in [2.05, 4.69) is 0 Å². The highest BCUT2D eigenvalue weighted by atomic mass is 16.3. The predicted molar refractivity (Wildman–Crippen MR) is 36.2 cm³/mol. The third-order valence-electron chi connectivity index (χ3n) is 1.10. The molecule has 0 rings (SSSR count). The Kier molecular flexibility index (Phi) is 4.46. The highest BCUT2D eigenvalue weighted by molar-refractivity contribution is 6.02. The molecule has 0 radical (unpaired) electrons. The summed E-state index contributed by atoms with van der Waals surface area (Å²) in [7, 11) is 0. The fraction of sp³-hybridized carbons (Fsp3) is 0.571. The van der Waals surface area contributed by atoms with Crippen LogP contribution in [0.2, 0.25) is 0 Å². The van der Waals surface area contributed by atoms with Gasteiger partial charge in [0.2, 0.25) is 0 Å². The number of aliphatic hydroxyl groups excluding tert-OH is 1. The lowest BCUT2D eigenvalue weighted by Gasteiger charge is -1.94. The minimum atomic E-state index is -0.593. The van der Waals surface area contributed by atoms with E-state index in [4.69, 9.17) is 5.11 Å². The molecule has 0 aromatic carbocycles. The van der Waals surface area contributed by atoms with Crippen molar-refractivity contribution >= 4 is 11.7 Å². The summed E-state index contributed by atoms with van der Waals surface area (Å²) in [5.41, 5.74) is 0.0602. The quantitative estimate of drug-likeness (QED) is 0.447. The van der Waals surface area contributed by atoms with Gasteiger partial charge in [-0.2, -0.15) is 0 Å². The number of ketones is 1. The van der Waals surface area contributed by atoms with E-state index < -0.39 is 12.4 Å². The van der Waals surface area contributed by atoms with Crippen molar-refractivity contribution in [2.45, 2.75) is 19.8 Å². The maximum Gasteiger partial charge on any atom is 0.195 e. The van der Waals surface area contributed by atoms with Crippen molar-refractivity contribution in [2.24, 2.45) is 0 Å². The van der Waals surface area contributed by atoms with Gasteiger partial charge in [0.1, 0.15) is 12.5 Å². The molecule has 0 bridgehead atoms. The second-order valence-electron chi connectivity index (χ2n) is 1.91. The van der Waals surface area contributed by atoms with Crippen LogP contribution < -0.4 is 0 Å². The van der Waals surface area contributed by atoms with Crippen LogP contribution in [0.25, 0.3) is 0 Å². The van der Waals surface area contributed by atoms with Crippen molar-refractivity contribution in [3.63, 3.8) is 0 Å². The molecule has 0 aliphatic carbocycles. The molecule has 0 aliphatic rings. The van der Waals surface area contributed by atoms with Crippen LogP contribution in [0.4, 0.5) is 0 Å². The van der Waals surface area contributed by atoms with Crippen molar-refractivity contribution in [3.05, 3.63) is 5.57 Å². The molecule has 3 heteroatoms. The highest BCUT2D eigenvalue weighted by Crippen LogP contribution is 2.00. The van der Waals surface area contributed by atoms with E-state index in [-0.39, 0.29) is 5.57 Å². The third kappa shape index (κ3) is 2.58. The molecule has 56 valence electrons. The van der Waals surface area contributed by atoms with Gasteiger partial charge in [-0.3, -0.25) is 4.79 Å². The van der Waals surface area contributed by atoms with E-state index in [1.807, 2.05) is 6.92 Å². The van der Waals surface area contributed by atoms with Crippen molar-refractivity contribution in [3.8, 4) is 0 Å². The summed E-state index contributed by atoms with van der Waals surface area (Å²) in [6.07, 6.45) is 1.12. The third-order valence-corrected chi connectivity index (χ3v) is 1.10. The Bertz CT molecular complexity index is 166. The molecule has 0 amide bonds. The smallest absolute Gasteiger partial charge is 0.195 e. The molecule has 0 aromatic heterocycles. The number of aliphatic hydroxyl groups is 1. The van der Waals surface area contributed by atoms with Crippen molar-refractivity contribution in [1.29, 1.82) is 0 Å². The van der Waals surface area contributed by atoms with Crippen LogP contribution in [0, 0.1) is 0 Å². The lowest BCUT2D eigenvalue weighted by Crippen LogP contribution is -2.07. The minimum absolute atomic E-state index is 0.0602. The van der Waals surface area contributed by atoms with Crippen LogP contribution in [-0.2, 0) is 9.59 Å². The molecular formula is C7H10O3. The zero-order valence-corrected chi connectivity index (χ0v) is 5.89. The van der Waals surface area contributed by atoms with Gasteiger partial charge in [0.05, 0.1) is 5.57 Å². The van der Waals surface area contributed by atoms with Crippen molar-refractivity contribution < 1.29 is 14.7 Å². The van der Waals surface area contributed by atoms with Gasteiger partial charge in [0.15, 0.2) is 5.78 Å². The van der Waals surface area contributed by atoms with Crippen LogP contribution >= 0.6 is 0 Å². The molecule has 0 aromatic rings. The van der Waals surface area contributed by atoms with E-state index in [1.54, 1.807) is 0 Å². The van der Waals surface area contributed by atoms with Gasteiger partial charge in [-0.05, 0) is 6.42 Å². The lowest BCUT2D eigenvalue weighted by atomic mass is 10.1. The summed E-state index contributed by atoms with van der Waals surface area (Å²) in [6.45, 7) is 1.26. The zero-order valence-electron chi connectivity index (χ0n) is 5.89. The topological polar surface area (TPSA) is 54.4 Å². The largest absolute Gasteiger partial charge is 0.388 e. The Labute approximate surface area is 59.4 Å². The standard InChI is InChI=1S/C7H10O3/c1-2-3-6(4-8)7(10)5-9/h9H,2-3,5H2,1H3. The Morgan fingerprint density at radius 1 is 1.60 bits per heavy atom.